The molecule has 1 atom stereocenters. The van der Waals surface area contributed by atoms with E-state index in [1.54, 1.807) is 12.1 Å². The quantitative estimate of drug-likeness (QED) is 0.822. The van der Waals surface area contributed by atoms with E-state index in [-0.39, 0.29) is 29.1 Å². The van der Waals surface area contributed by atoms with E-state index in [0.717, 1.165) is 19.1 Å². The summed E-state index contributed by atoms with van der Waals surface area (Å²) in [5.41, 5.74) is 0.591. The maximum Gasteiger partial charge on any atom is 0.243 e. The normalized spacial score (nSPS) is 20.0. The summed E-state index contributed by atoms with van der Waals surface area (Å²) in [6.07, 6.45) is 2.95. The molecule has 1 aromatic carbocycles. The lowest BCUT2D eigenvalue weighted by Gasteiger charge is -2.31. The van der Waals surface area contributed by atoms with Gasteiger partial charge in [0.15, 0.2) is 9.84 Å². The van der Waals surface area contributed by atoms with Crippen molar-refractivity contribution in [2.75, 3.05) is 26.4 Å². The number of sulfonamides is 1. The highest BCUT2D eigenvalue weighted by atomic mass is 35.5. The lowest BCUT2D eigenvalue weighted by molar-refractivity contribution is 0.293. The van der Waals surface area contributed by atoms with E-state index in [1.807, 2.05) is 7.05 Å². The second-order valence-corrected chi connectivity index (χ2v) is 9.78. The zero-order chi connectivity index (χ0) is 16.4. The lowest BCUT2D eigenvalue weighted by atomic mass is 10.1. The monoisotopic (exact) mass is 382 g/mol. The van der Waals surface area contributed by atoms with Crippen molar-refractivity contribution in [2.24, 2.45) is 0 Å². The highest BCUT2D eigenvalue weighted by Crippen LogP contribution is 2.21. The molecule has 0 radical (unpaired) electrons. The third-order valence-corrected chi connectivity index (χ3v) is 6.52. The number of likely N-dealkylation sites (N-methyl/N-ethyl adjacent to an activating group) is 1. The van der Waals surface area contributed by atoms with E-state index in [0.29, 0.717) is 18.7 Å². The Bertz CT molecular complexity index is 718. The molecule has 0 aromatic heterocycles. The average Bonchev–Trinajstić information content (AvgIpc) is 2.46. The largest absolute Gasteiger partial charge is 0.316 e. The molecule has 0 saturated carbocycles. The predicted octanol–water partition coefficient (Wildman–Crippen LogP) is 1.03. The minimum absolute atomic E-state index is 0. The van der Waals surface area contributed by atoms with E-state index in [2.05, 4.69) is 5.32 Å². The minimum atomic E-state index is -3.52. The van der Waals surface area contributed by atoms with E-state index < -0.39 is 19.9 Å². The molecule has 0 spiro atoms. The van der Waals surface area contributed by atoms with Crippen LogP contribution in [0, 0.1) is 0 Å². The second-order valence-electron chi connectivity index (χ2n) is 5.70. The number of hydrogen-bond donors (Lipinski definition) is 1. The molecule has 0 amide bonds. The number of hydrogen-bond acceptors (Lipinski definition) is 5. The summed E-state index contributed by atoms with van der Waals surface area (Å²) in [5, 5.41) is 3.12. The highest BCUT2D eigenvalue weighted by Gasteiger charge is 2.29. The summed E-state index contributed by atoms with van der Waals surface area (Å²) in [4.78, 5) is 0.210. The van der Waals surface area contributed by atoms with Crippen molar-refractivity contribution in [1.82, 2.24) is 9.62 Å². The Morgan fingerprint density at radius 3 is 2.30 bits per heavy atom. The standard InChI is InChI=1S/C14H22N2O4S2.ClH/c1-15-13-4-3-9-16(10-13)22(19,20)14-7-5-12(6-8-14)11-21(2,17)18;/h5-8,13,15H,3-4,9-11H2,1-2H3;1H. The van der Waals surface area contributed by atoms with Crippen LogP contribution in [-0.2, 0) is 25.6 Å². The van der Waals surface area contributed by atoms with Gasteiger partial charge in [0.2, 0.25) is 10.0 Å². The molecule has 1 fully saturated rings. The molecule has 132 valence electrons. The predicted molar refractivity (Wildman–Crippen MR) is 93.1 cm³/mol. The third-order valence-electron chi connectivity index (χ3n) is 3.78. The summed E-state index contributed by atoms with van der Waals surface area (Å²) in [5.74, 6) is -0.0845. The highest BCUT2D eigenvalue weighted by molar-refractivity contribution is 7.90. The molecule has 23 heavy (non-hydrogen) atoms. The van der Waals surface area contributed by atoms with Crippen LogP contribution >= 0.6 is 12.4 Å². The third kappa shape index (κ3) is 5.42. The molecule has 1 heterocycles. The zero-order valence-corrected chi connectivity index (χ0v) is 15.7. The van der Waals surface area contributed by atoms with E-state index in [9.17, 15) is 16.8 Å². The van der Waals surface area contributed by atoms with Crippen LogP contribution in [-0.4, -0.2) is 53.6 Å². The average molecular weight is 383 g/mol. The van der Waals surface area contributed by atoms with Gasteiger partial charge in [0.1, 0.15) is 0 Å². The number of benzene rings is 1. The van der Waals surface area contributed by atoms with E-state index >= 15 is 0 Å². The van der Waals surface area contributed by atoms with Crippen molar-refractivity contribution in [3.05, 3.63) is 29.8 Å². The molecular weight excluding hydrogens is 360 g/mol. The summed E-state index contributed by atoms with van der Waals surface area (Å²) < 4.78 is 49.3. The van der Waals surface area contributed by atoms with E-state index in [1.165, 1.54) is 16.4 Å². The van der Waals surface area contributed by atoms with Gasteiger partial charge in [-0.1, -0.05) is 12.1 Å². The van der Waals surface area contributed by atoms with Crippen molar-refractivity contribution < 1.29 is 16.8 Å². The van der Waals surface area contributed by atoms with Crippen LogP contribution in [0.25, 0.3) is 0 Å². The van der Waals surface area contributed by atoms with Crippen LogP contribution in [0.1, 0.15) is 18.4 Å². The number of nitrogens with zero attached hydrogens (tertiary/aromatic N) is 1. The zero-order valence-electron chi connectivity index (χ0n) is 13.2. The van der Waals surface area contributed by atoms with Crippen LogP contribution in [0.3, 0.4) is 0 Å². The molecule has 0 aliphatic carbocycles. The van der Waals surface area contributed by atoms with Crippen LogP contribution in [0.5, 0.6) is 0 Å². The van der Waals surface area contributed by atoms with Crippen molar-refractivity contribution in [3.63, 3.8) is 0 Å². The van der Waals surface area contributed by atoms with Gasteiger partial charge in [-0.25, -0.2) is 16.8 Å². The van der Waals surface area contributed by atoms with Gasteiger partial charge in [0.25, 0.3) is 0 Å². The molecule has 0 bridgehead atoms. The number of rotatable bonds is 5. The van der Waals surface area contributed by atoms with Crippen LogP contribution in [0.4, 0.5) is 0 Å². The Morgan fingerprint density at radius 1 is 1.17 bits per heavy atom. The number of sulfone groups is 1. The van der Waals surface area contributed by atoms with Crippen LogP contribution < -0.4 is 5.32 Å². The molecule has 1 aliphatic heterocycles. The lowest BCUT2D eigenvalue weighted by Crippen LogP contribution is -2.46. The first-order valence-electron chi connectivity index (χ1n) is 7.16. The Morgan fingerprint density at radius 2 is 1.78 bits per heavy atom. The Labute approximate surface area is 144 Å². The molecule has 1 aliphatic rings. The summed E-state index contributed by atoms with van der Waals surface area (Å²) in [6, 6.07) is 6.27. The summed E-state index contributed by atoms with van der Waals surface area (Å²) in [7, 11) is -4.81. The van der Waals surface area contributed by atoms with Crippen molar-refractivity contribution >= 4 is 32.3 Å². The van der Waals surface area contributed by atoms with Crippen molar-refractivity contribution in [2.45, 2.75) is 29.5 Å². The topological polar surface area (TPSA) is 83.6 Å². The number of piperidine rings is 1. The van der Waals surface area contributed by atoms with Crippen molar-refractivity contribution in [1.29, 1.82) is 0 Å². The van der Waals surface area contributed by atoms with Crippen LogP contribution in [0.2, 0.25) is 0 Å². The summed E-state index contributed by atoms with van der Waals surface area (Å²) in [6.45, 7) is 0.982. The van der Waals surface area contributed by atoms with Gasteiger partial charge in [0.05, 0.1) is 10.6 Å². The fourth-order valence-electron chi connectivity index (χ4n) is 2.61. The Kier molecular flexibility index (Phi) is 7.03. The first kappa shape index (κ1) is 20.4. The van der Waals surface area contributed by atoms with Gasteiger partial charge >= 0.3 is 0 Å². The van der Waals surface area contributed by atoms with Gasteiger partial charge < -0.3 is 5.32 Å². The maximum absolute atomic E-state index is 12.6. The molecule has 1 saturated heterocycles. The summed E-state index contributed by atoms with van der Waals surface area (Å²) >= 11 is 0. The molecule has 9 heteroatoms. The minimum Gasteiger partial charge on any atom is -0.316 e. The van der Waals surface area contributed by atoms with Gasteiger partial charge in [-0.05, 0) is 37.6 Å². The first-order chi connectivity index (χ1) is 10.2. The van der Waals surface area contributed by atoms with Gasteiger partial charge in [-0.3, -0.25) is 0 Å². The Balaban J connectivity index is 0.00000264. The van der Waals surface area contributed by atoms with Gasteiger partial charge in [0, 0.05) is 25.4 Å². The fourth-order valence-corrected chi connectivity index (χ4v) is 4.93. The Hall–Kier alpha value is -0.670. The van der Waals surface area contributed by atoms with Crippen molar-refractivity contribution in [3.8, 4) is 0 Å². The fraction of sp³-hybridized carbons (Fsp3) is 0.571. The van der Waals surface area contributed by atoms with E-state index in [4.69, 9.17) is 0 Å². The molecule has 2 rings (SSSR count). The molecule has 1 N–H and O–H groups in total. The molecular formula is C14H23ClN2O4S2. The molecule has 1 aromatic rings. The number of halogens is 1. The smallest absolute Gasteiger partial charge is 0.243 e. The van der Waals surface area contributed by atoms with Gasteiger partial charge in [-0.2, -0.15) is 4.31 Å². The first-order valence-corrected chi connectivity index (χ1v) is 10.7. The second kappa shape index (κ2) is 7.94. The maximum atomic E-state index is 12.6. The van der Waals surface area contributed by atoms with Crippen LogP contribution in [0.15, 0.2) is 29.2 Å². The SMILES string of the molecule is CNC1CCCN(S(=O)(=O)c2ccc(CS(C)(=O)=O)cc2)C1.Cl. The molecule has 6 nitrogen and oxygen atoms in total. The molecule has 1 unspecified atom stereocenters. The van der Waals surface area contributed by atoms with Gasteiger partial charge in [-0.15, -0.1) is 12.4 Å². The number of nitrogens with one attached hydrogen (secondary N) is 1.